The summed E-state index contributed by atoms with van der Waals surface area (Å²) in [6, 6.07) is 24.6. The lowest BCUT2D eigenvalue weighted by atomic mass is 10.1. The second-order valence-corrected chi connectivity index (χ2v) is 13.2. The Kier molecular flexibility index (Phi) is 8.82. The van der Waals surface area contributed by atoms with Crippen LogP contribution in [0.25, 0.3) is 0 Å². The summed E-state index contributed by atoms with van der Waals surface area (Å²) in [4.78, 5) is 27.3. The van der Waals surface area contributed by atoms with Crippen LogP contribution in [0.2, 0.25) is 15.1 Å². The van der Waals surface area contributed by atoms with E-state index in [2.05, 4.69) is 10.0 Å². The van der Waals surface area contributed by atoms with Crippen LogP contribution in [0.3, 0.4) is 0 Å². The van der Waals surface area contributed by atoms with E-state index in [-0.39, 0.29) is 27.8 Å². The number of thioether (sulfide) groups is 1. The van der Waals surface area contributed by atoms with Gasteiger partial charge in [0, 0.05) is 32.9 Å². The molecular weight excluding hydrogens is 625 g/mol. The average Bonchev–Trinajstić information content (AvgIpc) is 3.29. The summed E-state index contributed by atoms with van der Waals surface area (Å²) in [5.74, 6) is 0.0787. The third-order valence-electron chi connectivity index (χ3n) is 6.23. The highest BCUT2D eigenvalue weighted by Crippen LogP contribution is 2.39. The first-order chi connectivity index (χ1) is 19.6. The number of hydrogen-bond acceptors (Lipinski definition) is 5. The van der Waals surface area contributed by atoms with Gasteiger partial charge < -0.3 is 10.2 Å². The monoisotopic (exact) mass is 645 g/mol. The molecule has 0 spiro atoms. The minimum atomic E-state index is -3.90. The van der Waals surface area contributed by atoms with Crippen molar-refractivity contribution in [1.82, 2.24) is 4.90 Å². The van der Waals surface area contributed by atoms with Gasteiger partial charge in [0.2, 0.25) is 5.91 Å². The summed E-state index contributed by atoms with van der Waals surface area (Å²) in [6.45, 7) is 0.462. The molecule has 1 saturated heterocycles. The SMILES string of the molecule is O=C(Nc1ccc(S(=O)(=O)Nc2cc(Cl)cc(Cl)c2)cc1)c1ccc([C@@H]2SCC(=O)N2Cc2ccc(Cl)cc2)cc1. The van der Waals surface area contributed by atoms with E-state index in [0.29, 0.717) is 38.6 Å². The van der Waals surface area contributed by atoms with Crippen molar-refractivity contribution >= 4 is 79.8 Å². The molecule has 210 valence electrons. The molecule has 0 radical (unpaired) electrons. The van der Waals surface area contributed by atoms with E-state index in [1.807, 2.05) is 29.2 Å². The number of benzene rings is 4. The largest absolute Gasteiger partial charge is 0.322 e. The number of halogens is 3. The Morgan fingerprint density at radius 2 is 1.46 bits per heavy atom. The lowest BCUT2D eigenvalue weighted by Gasteiger charge is -2.24. The maximum absolute atomic E-state index is 12.9. The maximum atomic E-state index is 12.9. The highest BCUT2D eigenvalue weighted by Gasteiger charge is 2.32. The predicted octanol–water partition coefficient (Wildman–Crippen LogP) is 7.47. The fraction of sp³-hybridized carbons (Fsp3) is 0.103. The second kappa shape index (κ2) is 12.3. The topological polar surface area (TPSA) is 95.6 Å². The Morgan fingerprint density at radius 3 is 2.10 bits per heavy atom. The van der Waals surface area contributed by atoms with Gasteiger partial charge >= 0.3 is 0 Å². The van der Waals surface area contributed by atoms with Crippen LogP contribution in [0.5, 0.6) is 0 Å². The van der Waals surface area contributed by atoms with Crippen LogP contribution >= 0.6 is 46.6 Å². The van der Waals surface area contributed by atoms with Crippen molar-refractivity contribution in [2.45, 2.75) is 16.8 Å². The molecule has 0 aliphatic carbocycles. The molecule has 1 fully saturated rings. The third kappa shape index (κ3) is 7.17. The van der Waals surface area contributed by atoms with Crippen molar-refractivity contribution in [2.75, 3.05) is 15.8 Å². The molecule has 41 heavy (non-hydrogen) atoms. The standard InChI is InChI=1S/C29H22Cl3N3O4S2/c30-21-7-1-18(2-8-21)16-35-27(36)17-40-29(35)20-5-3-19(4-6-20)28(37)33-24-9-11-26(12-10-24)41(38,39)34-25-14-22(31)13-23(32)15-25/h1-15,29,34H,16-17H2,(H,33,37)/t29-/m0/s1. The smallest absolute Gasteiger partial charge is 0.261 e. The number of amides is 2. The Morgan fingerprint density at radius 1 is 0.829 bits per heavy atom. The molecular formula is C29H22Cl3N3O4S2. The van der Waals surface area contributed by atoms with Crippen LogP contribution < -0.4 is 10.0 Å². The van der Waals surface area contributed by atoms with E-state index < -0.39 is 10.0 Å². The minimum absolute atomic E-state index is 0.00251. The maximum Gasteiger partial charge on any atom is 0.261 e. The fourth-order valence-corrected chi connectivity index (χ4v) is 7.11. The van der Waals surface area contributed by atoms with Gasteiger partial charge in [0.05, 0.1) is 16.3 Å². The summed E-state index contributed by atoms with van der Waals surface area (Å²) in [5.41, 5.74) is 2.97. The molecule has 2 amide bonds. The number of anilines is 2. The predicted molar refractivity (Wildman–Crippen MR) is 165 cm³/mol. The zero-order chi connectivity index (χ0) is 29.1. The summed E-state index contributed by atoms with van der Waals surface area (Å²) < 4.78 is 28.0. The zero-order valence-electron chi connectivity index (χ0n) is 21.2. The number of carbonyl (C=O) groups excluding carboxylic acids is 2. The van der Waals surface area contributed by atoms with E-state index in [1.54, 1.807) is 24.3 Å². The molecule has 4 aromatic carbocycles. The van der Waals surface area contributed by atoms with Gasteiger partial charge in [-0.05, 0) is 77.9 Å². The highest BCUT2D eigenvalue weighted by molar-refractivity contribution is 8.00. The van der Waals surface area contributed by atoms with Crippen molar-refractivity contribution in [3.8, 4) is 0 Å². The van der Waals surface area contributed by atoms with Gasteiger partial charge in [-0.25, -0.2) is 8.42 Å². The van der Waals surface area contributed by atoms with Crippen LogP contribution in [0.4, 0.5) is 11.4 Å². The molecule has 12 heteroatoms. The molecule has 1 atom stereocenters. The van der Waals surface area contributed by atoms with Crippen LogP contribution in [-0.2, 0) is 21.4 Å². The normalized spacial score (nSPS) is 15.1. The first-order valence-corrected chi connectivity index (χ1v) is 15.9. The summed E-state index contributed by atoms with van der Waals surface area (Å²) in [7, 11) is -3.90. The molecule has 0 unspecified atom stereocenters. The number of carbonyl (C=O) groups is 2. The minimum Gasteiger partial charge on any atom is -0.322 e. The fourth-order valence-electron chi connectivity index (χ4n) is 4.23. The van der Waals surface area contributed by atoms with E-state index in [4.69, 9.17) is 34.8 Å². The van der Waals surface area contributed by atoms with Gasteiger partial charge in [0.1, 0.15) is 5.37 Å². The summed E-state index contributed by atoms with van der Waals surface area (Å²) in [5, 5.41) is 3.84. The Labute approximate surface area is 256 Å². The quantitative estimate of drug-likeness (QED) is 0.207. The van der Waals surface area contributed by atoms with Crippen molar-refractivity contribution in [2.24, 2.45) is 0 Å². The molecule has 5 rings (SSSR count). The van der Waals surface area contributed by atoms with Gasteiger partial charge in [0.15, 0.2) is 0 Å². The number of hydrogen-bond donors (Lipinski definition) is 2. The Balaban J connectivity index is 1.23. The van der Waals surface area contributed by atoms with Gasteiger partial charge in [-0.15, -0.1) is 11.8 Å². The van der Waals surface area contributed by atoms with Crippen LogP contribution in [-0.4, -0.2) is 30.9 Å². The Hall–Kier alpha value is -3.21. The summed E-state index contributed by atoms with van der Waals surface area (Å²) >= 11 is 19.4. The molecule has 0 bridgehead atoms. The molecule has 1 aliphatic heterocycles. The van der Waals surface area contributed by atoms with E-state index in [9.17, 15) is 18.0 Å². The van der Waals surface area contributed by atoms with Crippen molar-refractivity contribution in [3.63, 3.8) is 0 Å². The number of sulfonamides is 1. The molecule has 1 heterocycles. The Bertz CT molecular complexity index is 1680. The third-order valence-corrected chi connectivity index (χ3v) is 9.57. The number of rotatable bonds is 8. The van der Waals surface area contributed by atoms with Crippen molar-refractivity contribution < 1.29 is 18.0 Å². The van der Waals surface area contributed by atoms with Crippen molar-refractivity contribution in [3.05, 3.63) is 123 Å². The first-order valence-electron chi connectivity index (χ1n) is 12.2. The van der Waals surface area contributed by atoms with Crippen molar-refractivity contribution in [1.29, 1.82) is 0 Å². The van der Waals surface area contributed by atoms with Crippen LogP contribution in [0.1, 0.15) is 26.9 Å². The van der Waals surface area contributed by atoms with E-state index >= 15 is 0 Å². The average molecular weight is 647 g/mol. The van der Waals surface area contributed by atoms with Gasteiger partial charge in [-0.3, -0.25) is 14.3 Å². The van der Waals surface area contributed by atoms with Gasteiger partial charge in [0.25, 0.3) is 15.9 Å². The van der Waals surface area contributed by atoms with Crippen LogP contribution in [0.15, 0.2) is 95.9 Å². The summed E-state index contributed by atoms with van der Waals surface area (Å²) in [6.07, 6.45) is 0. The first kappa shape index (κ1) is 29.3. The van der Waals surface area contributed by atoms with E-state index in [1.165, 1.54) is 54.2 Å². The van der Waals surface area contributed by atoms with Crippen LogP contribution in [0, 0.1) is 0 Å². The van der Waals surface area contributed by atoms with Gasteiger partial charge in [-0.2, -0.15) is 0 Å². The zero-order valence-corrected chi connectivity index (χ0v) is 25.1. The lowest BCUT2D eigenvalue weighted by molar-refractivity contribution is -0.128. The number of nitrogens with one attached hydrogen (secondary N) is 2. The molecule has 0 aromatic heterocycles. The molecule has 1 aliphatic rings. The van der Waals surface area contributed by atoms with Gasteiger partial charge in [-0.1, -0.05) is 59.1 Å². The van der Waals surface area contributed by atoms with E-state index in [0.717, 1.165) is 11.1 Å². The molecule has 2 N–H and O–H groups in total. The highest BCUT2D eigenvalue weighted by atomic mass is 35.5. The number of nitrogens with zero attached hydrogens (tertiary/aromatic N) is 1. The molecule has 4 aromatic rings. The molecule has 7 nitrogen and oxygen atoms in total. The molecule has 0 saturated carbocycles. The lowest BCUT2D eigenvalue weighted by Crippen LogP contribution is -2.27. The second-order valence-electron chi connectivity index (χ2n) is 9.18.